The average Bonchev–Trinajstić information content (AvgIpc) is 3.11. The number of likely N-dealkylation sites (N-methyl/N-ethyl adjacent to an activating group) is 1. The van der Waals surface area contributed by atoms with Crippen molar-refractivity contribution in [1.29, 1.82) is 0 Å². The van der Waals surface area contributed by atoms with Crippen LogP contribution in [-0.4, -0.2) is 52.4 Å². The molecule has 1 aromatic carbocycles. The Morgan fingerprint density at radius 3 is 2.48 bits per heavy atom. The maximum absolute atomic E-state index is 11.9. The maximum Gasteiger partial charge on any atom is 0.254 e. The van der Waals surface area contributed by atoms with Crippen molar-refractivity contribution in [2.75, 3.05) is 25.6 Å². The third-order valence-corrected chi connectivity index (χ3v) is 6.62. The van der Waals surface area contributed by atoms with Crippen LogP contribution >= 0.6 is 11.6 Å². The highest BCUT2D eigenvalue weighted by molar-refractivity contribution is 6.30. The van der Waals surface area contributed by atoms with Crippen LogP contribution in [-0.2, 0) is 4.74 Å². The fourth-order valence-electron chi connectivity index (χ4n) is 4.27. The van der Waals surface area contributed by atoms with E-state index >= 15 is 0 Å². The number of anilines is 2. The van der Waals surface area contributed by atoms with Gasteiger partial charge in [0.1, 0.15) is 5.56 Å². The van der Waals surface area contributed by atoms with E-state index in [1.54, 1.807) is 18.3 Å². The van der Waals surface area contributed by atoms with Gasteiger partial charge in [0.05, 0.1) is 24.8 Å². The second-order valence-corrected chi connectivity index (χ2v) is 8.87. The van der Waals surface area contributed by atoms with Crippen LogP contribution in [0.15, 0.2) is 30.5 Å². The summed E-state index contributed by atoms with van der Waals surface area (Å²) in [6.45, 7) is 3.89. The number of benzene rings is 1. The number of primary amides is 1. The van der Waals surface area contributed by atoms with Crippen LogP contribution in [0.3, 0.4) is 0 Å². The van der Waals surface area contributed by atoms with E-state index in [0.29, 0.717) is 22.4 Å². The molecule has 7 nitrogen and oxygen atoms in total. The second-order valence-electron chi connectivity index (χ2n) is 8.43. The number of hydrogen-bond acceptors (Lipinski definition) is 5. The molecule has 1 saturated heterocycles. The Morgan fingerprint density at radius 1 is 1.28 bits per heavy atom. The highest BCUT2D eigenvalue weighted by Crippen LogP contribution is 2.36. The largest absolute Gasteiger partial charge is 0.377 e. The molecular weight excluding hydrogens is 390 g/mol. The molecular formula is C21H28ClN5O2. The normalized spacial score (nSPS) is 23.6. The van der Waals surface area contributed by atoms with Crippen molar-refractivity contribution in [2.24, 2.45) is 5.73 Å². The van der Waals surface area contributed by atoms with E-state index in [0.717, 1.165) is 44.6 Å². The molecule has 0 radical (unpaired) electrons. The number of hydrogen-bond donors (Lipinski definition) is 2. The molecule has 2 fully saturated rings. The third-order valence-electron chi connectivity index (χ3n) is 6.37. The Labute approximate surface area is 176 Å². The number of nitrogens with two attached hydrogens (primary N) is 1. The van der Waals surface area contributed by atoms with Crippen molar-refractivity contribution < 1.29 is 9.53 Å². The number of halogens is 1. The van der Waals surface area contributed by atoms with E-state index in [-0.39, 0.29) is 11.6 Å². The Morgan fingerprint density at radius 2 is 1.93 bits per heavy atom. The molecule has 1 saturated carbocycles. The second kappa shape index (κ2) is 7.97. The first kappa shape index (κ1) is 20.2. The van der Waals surface area contributed by atoms with Gasteiger partial charge in [0.25, 0.3) is 5.91 Å². The van der Waals surface area contributed by atoms with Crippen LogP contribution in [0.1, 0.15) is 49.0 Å². The smallest absolute Gasteiger partial charge is 0.254 e. The molecule has 2 heterocycles. The van der Waals surface area contributed by atoms with Gasteiger partial charge in [-0.15, -0.1) is 0 Å². The SMILES string of the molecule is CN(C1CCC(n2cc(C(N)=O)c(Nc3ccc(Cl)cc3)n2)CC1)C1(C)COC1. The summed E-state index contributed by atoms with van der Waals surface area (Å²) < 4.78 is 7.33. The summed E-state index contributed by atoms with van der Waals surface area (Å²) >= 11 is 5.95. The van der Waals surface area contributed by atoms with Crippen LogP contribution < -0.4 is 11.1 Å². The van der Waals surface area contributed by atoms with E-state index in [9.17, 15) is 4.79 Å². The lowest BCUT2D eigenvalue weighted by molar-refractivity contribution is -0.138. The highest BCUT2D eigenvalue weighted by Gasteiger charge is 2.41. The van der Waals surface area contributed by atoms with E-state index < -0.39 is 5.91 Å². The zero-order valence-electron chi connectivity index (χ0n) is 16.9. The minimum absolute atomic E-state index is 0.165. The zero-order chi connectivity index (χ0) is 20.6. The lowest BCUT2D eigenvalue weighted by Crippen LogP contribution is -2.61. The molecule has 156 valence electrons. The van der Waals surface area contributed by atoms with E-state index in [4.69, 9.17) is 22.1 Å². The first-order valence-corrected chi connectivity index (χ1v) is 10.5. The monoisotopic (exact) mass is 417 g/mol. The molecule has 0 atom stereocenters. The Balaban J connectivity index is 1.45. The van der Waals surface area contributed by atoms with Gasteiger partial charge in [-0.25, -0.2) is 0 Å². The highest BCUT2D eigenvalue weighted by atomic mass is 35.5. The maximum atomic E-state index is 11.9. The van der Waals surface area contributed by atoms with Crippen molar-refractivity contribution in [1.82, 2.24) is 14.7 Å². The molecule has 1 aromatic heterocycles. The molecule has 1 amide bonds. The molecule has 3 N–H and O–H groups in total. The van der Waals surface area contributed by atoms with Crippen molar-refractivity contribution in [3.8, 4) is 0 Å². The summed E-state index contributed by atoms with van der Waals surface area (Å²) in [5.74, 6) is -0.00256. The molecule has 8 heteroatoms. The first-order valence-electron chi connectivity index (χ1n) is 10.1. The van der Waals surface area contributed by atoms with Gasteiger partial charge in [0.2, 0.25) is 0 Å². The quantitative estimate of drug-likeness (QED) is 0.750. The van der Waals surface area contributed by atoms with Crippen LogP contribution in [0.2, 0.25) is 5.02 Å². The van der Waals surface area contributed by atoms with Crippen molar-refractivity contribution >= 4 is 29.0 Å². The third kappa shape index (κ3) is 4.13. The van der Waals surface area contributed by atoms with Gasteiger partial charge in [0, 0.05) is 22.9 Å². The molecule has 0 unspecified atom stereocenters. The predicted molar refractivity (Wildman–Crippen MR) is 114 cm³/mol. The number of nitrogens with one attached hydrogen (secondary N) is 1. The number of carbonyl (C=O) groups excluding carboxylic acids is 1. The average molecular weight is 418 g/mol. The van der Waals surface area contributed by atoms with Gasteiger partial charge in [-0.1, -0.05) is 11.6 Å². The standard InChI is InChI=1S/C21H28ClN5O2/c1-21(12-29-13-21)26(2)16-7-9-17(10-8-16)27-11-18(19(23)28)20(25-27)24-15-5-3-14(22)4-6-15/h3-6,11,16-17H,7-10,12-13H2,1-2H3,(H2,23,28)(H,24,25). The lowest BCUT2D eigenvalue weighted by atomic mass is 9.86. The lowest BCUT2D eigenvalue weighted by Gasteiger charge is -2.50. The van der Waals surface area contributed by atoms with E-state index in [1.807, 2.05) is 16.8 Å². The summed E-state index contributed by atoms with van der Waals surface area (Å²) in [4.78, 5) is 14.4. The first-order chi connectivity index (χ1) is 13.9. The molecule has 2 aliphatic rings. The minimum atomic E-state index is -0.487. The van der Waals surface area contributed by atoms with Gasteiger partial charge in [-0.2, -0.15) is 5.10 Å². The fourth-order valence-corrected chi connectivity index (χ4v) is 4.40. The van der Waals surface area contributed by atoms with E-state index in [1.165, 1.54) is 0 Å². The molecule has 0 bridgehead atoms. The van der Waals surface area contributed by atoms with Crippen LogP contribution in [0.5, 0.6) is 0 Å². The molecule has 2 aromatic rings. The number of ether oxygens (including phenoxy) is 1. The number of nitrogens with zero attached hydrogens (tertiary/aromatic N) is 3. The van der Waals surface area contributed by atoms with Crippen LogP contribution in [0, 0.1) is 0 Å². The van der Waals surface area contributed by atoms with Gasteiger partial charge >= 0.3 is 0 Å². The number of amides is 1. The van der Waals surface area contributed by atoms with Gasteiger partial charge < -0.3 is 15.8 Å². The number of aromatic nitrogens is 2. The molecule has 0 spiro atoms. The van der Waals surface area contributed by atoms with Crippen molar-refractivity contribution in [2.45, 2.75) is 50.2 Å². The minimum Gasteiger partial charge on any atom is -0.377 e. The summed E-state index contributed by atoms with van der Waals surface area (Å²) in [6.07, 6.45) is 6.01. The zero-order valence-corrected chi connectivity index (χ0v) is 17.7. The predicted octanol–water partition coefficient (Wildman–Crippen LogP) is 3.58. The summed E-state index contributed by atoms with van der Waals surface area (Å²) in [5.41, 5.74) is 6.97. The molecule has 1 aliphatic carbocycles. The van der Waals surface area contributed by atoms with Crippen molar-refractivity contribution in [3.63, 3.8) is 0 Å². The van der Waals surface area contributed by atoms with Crippen molar-refractivity contribution in [3.05, 3.63) is 41.0 Å². The van der Waals surface area contributed by atoms with Gasteiger partial charge in [-0.3, -0.25) is 14.4 Å². The summed E-state index contributed by atoms with van der Waals surface area (Å²) in [6, 6.07) is 8.09. The molecule has 4 rings (SSSR count). The van der Waals surface area contributed by atoms with Gasteiger partial charge in [0.15, 0.2) is 5.82 Å². The Kier molecular flexibility index (Phi) is 5.55. The van der Waals surface area contributed by atoms with Crippen LogP contribution in [0.25, 0.3) is 0 Å². The van der Waals surface area contributed by atoms with E-state index in [2.05, 4.69) is 29.3 Å². The number of carbonyl (C=O) groups is 1. The summed E-state index contributed by atoms with van der Waals surface area (Å²) in [5, 5.41) is 8.50. The molecule has 29 heavy (non-hydrogen) atoms. The Hall–Kier alpha value is -2.09. The fraction of sp³-hybridized carbons (Fsp3) is 0.524. The summed E-state index contributed by atoms with van der Waals surface area (Å²) in [7, 11) is 2.21. The molecule has 1 aliphatic heterocycles. The van der Waals surface area contributed by atoms with Crippen LogP contribution in [0.4, 0.5) is 11.5 Å². The topological polar surface area (TPSA) is 85.4 Å². The van der Waals surface area contributed by atoms with Gasteiger partial charge in [-0.05, 0) is 63.9 Å². The number of rotatable bonds is 6. The Bertz CT molecular complexity index is 870.